The summed E-state index contributed by atoms with van der Waals surface area (Å²) in [5, 5.41) is 5.06. The second-order valence-corrected chi connectivity index (χ2v) is 5.72. The van der Waals surface area contributed by atoms with E-state index in [-0.39, 0.29) is 0 Å². The van der Waals surface area contributed by atoms with Crippen LogP contribution in [0.1, 0.15) is 31.7 Å². The molecule has 0 saturated heterocycles. The standard InChI is InChI=1S/C14H19Cl2N/c1-2-17-13-6-3-10(8-13)7-11-4-5-12(15)9-14(11)16/h4-5,9-10,13,17H,2-3,6-8H2,1H3. The van der Waals surface area contributed by atoms with Crippen molar-refractivity contribution in [3.63, 3.8) is 0 Å². The summed E-state index contributed by atoms with van der Waals surface area (Å²) in [5.74, 6) is 0.762. The van der Waals surface area contributed by atoms with Crippen molar-refractivity contribution >= 4 is 23.2 Å². The van der Waals surface area contributed by atoms with Crippen molar-refractivity contribution < 1.29 is 0 Å². The normalized spacial score (nSPS) is 24.2. The first-order valence-electron chi connectivity index (χ1n) is 6.36. The van der Waals surface area contributed by atoms with Gasteiger partial charge in [0.05, 0.1) is 0 Å². The van der Waals surface area contributed by atoms with Crippen LogP contribution in [0.15, 0.2) is 18.2 Å². The van der Waals surface area contributed by atoms with Crippen molar-refractivity contribution in [3.05, 3.63) is 33.8 Å². The fraction of sp³-hybridized carbons (Fsp3) is 0.571. The molecule has 1 aliphatic carbocycles. The molecule has 0 bridgehead atoms. The number of hydrogen-bond donors (Lipinski definition) is 1. The van der Waals surface area contributed by atoms with Gasteiger partial charge < -0.3 is 5.32 Å². The average molecular weight is 272 g/mol. The first-order valence-corrected chi connectivity index (χ1v) is 7.12. The Morgan fingerprint density at radius 3 is 2.82 bits per heavy atom. The molecular weight excluding hydrogens is 253 g/mol. The fourth-order valence-electron chi connectivity index (χ4n) is 2.73. The van der Waals surface area contributed by atoms with E-state index in [1.807, 2.05) is 12.1 Å². The van der Waals surface area contributed by atoms with Crippen molar-refractivity contribution in [2.75, 3.05) is 6.54 Å². The van der Waals surface area contributed by atoms with Gasteiger partial charge in [0.15, 0.2) is 0 Å². The molecule has 1 N–H and O–H groups in total. The molecule has 1 aromatic rings. The van der Waals surface area contributed by atoms with E-state index in [9.17, 15) is 0 Å². The molecule has 0 aromatic heterocycles. The summed E-state index contributed by atoms with van der Waals surface area (Å²) in [4.78, 5) is 0. The van der Waals surface area contributed by atoms with Crippen LogP contribution in [0.25, 0.3) is 0 Å². The lowest BCUT2D eigenvalue weighted by Gasteiger charge is -2.13. The van der Waals surface area contributed by atoms with Crippen molar-refractivity contribution in [2.24, 2.45) is 5.92 Å². The zero-order chi connectivity index (χ0) is 12.3. The molecule has 17 heavy (non-hydrogen) atoms. The van der Waals surface area contributed by atoms with Gasteiger partial charge in [0.2, 0.25) is 0 Å². The summed E-state index contributed by atoms with van der Waals surface area (Å²) < 4.78 is 0. The third-order valence-corrected chi connectivity index (χ3v) is 4.14. The third kappa shape index (κ3) is 3.61. The highest BCUT2D eigenvalue weighted by atomic mass is 35.5. The Hall–Kier alpha value is -0.240. The molecule has 1 nitrogen and oxygen atoms in total. The highest BCUT2D eigenvalue weighted by molar-refractivity contribution is 6.35. The highest BCUT2D eigenvalue weighted by Gasteiger charge is 2.24. The number of rotatable bonds is 4. The lowest BCUT2D eigenvalue weighted by molar-refractivity contribution is 0.493. The molecule has 0 heterocycles. The largest absolute Gasteiger partial charge is 0.314 e. The van der Waals surface area contributed by atoms with Crippen LogP contribution in [0, 0.1) is 5.92 Å². The van der Waals surface area contributed by atoms with E-state index in [1.54, 1.807) is 0 Å². The van der Waals surface area contributed by atoms with Crippen LogP contribution >= 0.6 is 23.2 Å². The van der Waals surface area contributed by atoms with E-state index < -0.39 is 0 Å². The number of halogens is 2. The van der Waals surface area contributed by atoms with E-state index in [0.717, 1.165) is 28.9 Å². The molecule has 0 spiro atoms. The van der Waals surface area contributed by atoms with E-state index in [4.69, 9.17) is 23.2 Å². The molecule has 0 amide bonds. The van der Waals surface area contributed by atoms with Crippen LogP contribution in [0.3, 0.4) is 0 Å². The minimum absolute atomic E-state index is 0.705. The maximum atomic E-state index is 6.21. The van der Waals surface area contributed by atoms with Crippen molar-refractivity contribution in [1.82, 2.24) is 5.32 Å². The Morgan fingerprint density at radius 1 is 1.29 bits per heavy atom. The molecule has 1 aliphatic rings. The molecule has 2 atom stereocenters. The summed E-state index contributed by atoms with van der Waals surface area (Å²) in [6.45, 7) is 3.24. The van der Waals surface area contributed by atoms with Gasteiger partial charge in [0.25, 0.3) is 0 Å². The van der Waals surface area contributed by atoms with Crippen molar-refractivity contribution in [3.8, 4) is 0 Å². The Balaban J connectivity index is 1.93. The summed E-state index contributed by atoms with van der Waals surface area (Å²) >= 11 is 12.1. The van der Waals surface area contributed by atoms with Crippen LogP contribution in [-0.4, -0.2) is 12.6 Å². The minimum Gasteiger partial charge on any atom is -0.314 e. The maximum Gasteiger partial charge on any atom is 0.0452 e. The first-order chi connectivity index (χ1) is 8.19. The lowest BCUT2D eigenvalue weighted by Crippen LogP contribution is -2.25. The van der Waals surface area contributed by atoms with Crippen LogP contribution in [0.4, 0.5) is 0 Å². The first kappa shape index (κ1) is 13.2. The predicted octanol–water partition coefficient (Wildman–Crippen LogP) is 4.31. The molecule has 1 saturated carbocycles. The molecule has 2 unspecified atom stereocenters. The SMILES string of the molecule is CCNC1CCC(Cc2ccc(Cl)cc2Cl)C1. The van der Waals surface area contributed by atoms with Gasteiger partial charge in [-0.15, -0.1) is 0 Å². The van der Waals surface area contributed by atoms with Crippen molar-refractivity contribution in [1.29, 1.82) is 0 Å². The van der Waals surface area contributed by atoms with Gasteiger partial charge >= 0.3 is 0 Å². The highest BCUT2D eigenvalue weighted by Crippen LogP contribution is 2.31. The van der Waals surface area contributed by atoms with Gasteiger partial charge in [-0.05, 0) is 55.8 Å². The van der Waals surface area contributed by atoms with E-state index >= 15 is 0 Å². The topological polar surface area (TPSA) is 12.0 Å². The van der Waals surface area contributed by atoms with Crippen LogP contribution in [0.2, 0.25) is 10.0 Å². The fourth-order valence-corrected chi connectivity index (χ4v) is 3.22. The summed E-state index contributed by atoms with van der Waals surface area (Å²) in [6.07, 6.45) is 4.95. The van der Waals surface area contributed by atoms with Crippen LogP contribution in [0.5, 0.6) is 0 Å². The zero-order valence-electron chi connectivity index (χ0n) is 10.2. The number of benzene rings is 1. The van der Waals surface area contributed by atoms with Gasteiger partial charge in [-0.25, -0.2) is 0 Å². The molecule has 0 aliphatic heterocycles. The monoisotopic (exact) mass is 271 g/mol. The summed E-state index contributed by atoms with van der Waals surface area (Å²) in [6, 6.07) is 6.54. The minimum atomic E-state index is 0.705. The van der Waals surface area contributed by atoms with Gasteiger partial charge in [-0.3, -0.25) is 0 Å². The third-order valence-electron chi connectivity index (χ3n) is 3.56. The number of hydrogen-bond acceptors (Lipinski definition) is 1. The average Bonchev–Trinajstić information content (AvgIpc) is 2.71. The van der Waals surface area contributed by atoms with Crippen LogP contribution < -0.4 is 5.32 Å². The smallest absolute Gasteiger partial charge is 0.0452 e. The second-order valence-electron chi connectivity index (χ2n) is 4.87. The zero-order valence-corrected chi connectivity index (χ0v) is 11.7. The molecule has 94 valence electrons. The van der Waals surface area contributed by atoms with Gasteiger partial charge in [-0.1, -0.05) is 36.2 Å². The lowest BCUT2D eigenvalue weighted by atomic mass is 9.98. The Labute approximate surface area is 114 Å². The summed E-state index contributed by atoms with van der Waals surface area (Å²) in [7, 11) is 0. The number of nitrogens with one attached hydrogen (secondary N) is 1. The van der Waals surface area contributed by atoms with Crippen LogP contribution in [-0.2, 0) is 6.42 Å². The molecule has 1 fully saturated rings. The Bertz CT molecular complexity index is 378. The van der Waals surface area contributed by atoms with E-state index in [0.29, 0.717) is 6.04 Å². The van der Waals surface area contributed by atoms with Crippen molar-refractivity contribution in [2.45, 2.75) is 38.6 Å². The molecule has 2 rings (SSSR count). The second kappa shape index (κ2) is 6.08. The quantitative estimate of drug-likeness (QED) is 0.861. The van der Waals surface area contributed by atoms with Gasteiger partial charge in [-0.2, -0.15) is 0 Å². The van der Waals surface area contributed by atoms with Gasteiger partial charge in [0.1, 0.15) is 0 Å². The van der Waals surface area contributed by atoms with E-state index in [2.05, 4.69) is 18.3 Å². The van der Waals surface area contributed by atoms with Gasteiger partial charge in [0, 0.05) is 16.1 Å². The molecule has 0 radical (unpaired) electrons. The van der Waals surface area contributed by atoms with E-state index in [1.165, 1.54) is 24.8 Å². The molecule has 1 aromatic carbocycles. The Kier molecular flexibility index (Phi) is 4.72. The molecular formula is C14H19Cl2N. The summed E-state index contributed by atoms with van der Waals surface area (Å²) in [5.41, 5.74) is 1.23. The Morgan fingerprint density at radius 2 is 2.12 bits per heavy atom. The predicted molar refractivity (Wildman–Crippen MR) is 75.0 cm³/mol. The molecule has 3 heteroatoms. The maximum absolute atomic E-state index is 6.21.